The van der Waals surface area contributed by atoms with E-state index >= 15 is 0 Å². The lowest BCUT2D eigenvalue weighted by Crippen LogP contribution is -2.37. The van der Waals surface area contributed by atoms with Crippen LogP contribution in [0.25, 0.3) is 0 Å². The van der Waals surface area contributed by atoms with Crippen LogP contribution in [0, 0.1) is 0 Å². The molecule has 0 radical (unpaired) electrons. The van der Waals surface area contributed by atoms with E-state index in [1.807, 2.05) is 0 Å². The number of primary sulfonamides is 1. The molecule has 0 spiro atoms. The molecule has 1 unspecified atom stereocenters. The molecule has 1 saturated heterocycles. The number of benzene rings is 1. The second-order valence-electron chi connectivity index (χ2n) is 6.05. The van der Waals surface area contributed by atoms with Crippen molar-refractivity contribution in [1.29, 1.82) is 0 Å². The van der Waals surface area contributed by atoms with Crippen LogP contribution >= 0.6 is 0 Å². The lowest BCUT2D eigenvalue weighted by atomic mass is 10.1. The molecule has 1 aliphatic rings. The number of rotatable bonds is 7. The monoisotopic (exact) mass is 355 g/mol. The van der Waals surface area contributed by atoms with E-state index in [4.69, 9.17) is 9.88 Å². The molecule has 0 aliphatic carbocycles. The molecule has 2 rings (SSSR count). The van der Waals surface area contributed by atoms with Crippen LogP contribution in [0.4, 0.5) is 4.79 Å². The maximum absolute atomic E-state index is 12.0. The molecule has 0 bridgehead atoms. The van der Waals surface area contributed by atoms with Gasteiger partial charge in [0.25, 0.3) is 0 Å². The minimum atomic E-state index is -3.69. The van der Waals surface area contributed by atoms with Gasteiger partial charge in [-0.15, -0.1) is 0 Å². The lowest BCUT2D eigenvalue weighted by molar-refractivity contribution is 0.100. The third-order valence-corrected chi connectivity index (χ3v) is 5.02. The minimum absolute atomic E-state index is 0.0591. The van der Waals surface area contributed by atoms with Crippen molar-refractivity contribution in [3.63, 3.8) is 0 Å². The fourth-order valence-corrected chi connectivity index (χ4v) is 3.15. The molecule has 0 aromatic heterocycles. The summed E-state index contributed by atoms with van der Waals surface area (Å²) in [5.41, 5.74) is 0.809. The Morgan fingerprint density at radius 2 is 2.08 bits per heavy atom. The smallest absolute Gasteiger partial charge is 0.317 e. The highest BCUT2D eigenvalue weighted by Gasteiger charge is 2.16. The maximum Gasteiger partial charge on any atom is 0.317 e. The van der Waals surface area contributed by atoms with Crippen molar-refractivity contribution < 1.29 is 17.9 Å². The Morgan fingerprint density at radius 3 is 2.67 bits per heavy atom. The highest BCUT2D eigenvalue weighted by molar-refractivity contribution is 7.89. The maximum atomic E-state index is 12.0. The molecule has 3 N–H and O–H groups in total. The SMILES string of the molecule is CN(CCCC1CCCO1)C(=O)NCc1ccc(S(N)(=O)=O)cc1. The third-order valence-electron chi connectivity index (χ3n) is 4.09. The summed E-state index contributed by atoms with van der Waals surface area (Å²) in [4.78, 5) is 13.7. The van der Waals surface area contributed by atoms with Crippen LogP contribution in [0.15, 0.2) is 29.2 Å². The van der Waals surface area contributed by atoms with Crippen molar-refractivity contribution in [2.45, 2.75) is 43.2 Å². The third kappa shape index (κ3) is 5.77. The van der Waals surface area contributed by atoms with Gasteiger partial charge in [-0.05, 0) is 43.4 Å². The Kier molecular flexibility index (Phi) is 6.59. The fraction of sp³-hybridized carbons (Fsp3) is 0.562. The van der Waals surface area contributed by atoms with Gasteiger partial charge in [0, 0.05) is 26.7 Å². The van der Waals surface area contributed by atoms with Crippen molar-refractivity contribution in [3.05, 3.63) is 29.8 Å². The summed E-state index contributed by atoms with van der Waals surface area (Å²) in [6.45, 7) is 1.86. The summed E-state index contributed by atoms with van der Waals surface area (Å²) in [6, 6.07) is 5.98. The molecule has 8 heteroatoms. The van der Waals surface area contributed by atoms with Gasteiger partial charge in [-0.3, -0.25) is 0 Å². The number of hydrogen-bond donors (Lipinski definition) is 2. The predicted molar refractivity (Wildman–Crippen MR) is 90.9 cm³/mol. The van der Waals surface area contributed by atoms with Crippen LogP contribution in [0.2, 0.25) is 0 Å². The standard InChI is InChI=1S/C16H25N3O4S/c1-19(10-2-4-14-5-3-11-23-14)16(20)18-12-13-6-8-15(9-7-13)24(17,21)22/h6-9,14H,2-5,10-12H2,1H3,(H,18,20)(H2,17,21,22). The summed E-state index contributed by atoms with van der Waals surface area (Å²) in [7, 11) is -1.93. The van der Waals surface area contributed by atoms with Crippen LogP contribution < -0.4 is 10.5 Å². The normalized spacial score (nSPS) is 17.7. The number of carbonyl (C=O) groups is 1. The topological polar surface area (TPSA) is 102 Å². The molecule has 2 amide bonds. The molecule has 1 aliphatic heterocycles. The summed E-state index contributed by atoms with van der Waals surface area (Å²) < 4.78 is 27.9. The van der Waals surface area contributed by atoms with Crippen molar-refractivity contribution in [2.75, 3.05) is 20.2 Å². The number of nitrogens with one attached hydrogen (secondary N) is 1. The molecule has 24 heavy (non-hydrogen) atoms. The predicted octanol–water partition coefficient (Wildman–Crippen LogP) is 1.43. The Balaban J connectivity index is 1.71. The van der Waals surface area contributed by atoms with Crippen molar-refractivity contribution in [3.8, 4) is 0 Å². The van der Waals surface area contributed by atoms with Gasteiger partial charge in [-0.25, -0.2) is 18.4 Å². The van der Waals surface area contributed by atoms with Gasteiger partial charge in [-0.2, -0.15) is 0 Å². The number of amides is 2. The first-order chi connectivity index (χ1) is 11.4. The average molecular weight is 355 g/mol. The first-order valence-corrected chi connectivity index (χ1v) is 9.63. The molecule has 134 valence electrons. The summed E-state index contributed by atoms with van der Waals surface area (Å²) in [6.07, 6.45) is 4.48. The number of sulfonamides is 1. The van der Waals surface area contributed by atoms with Gasteiger partial charge in [0.15, 0.2) is 0 Å². The van der Waals surface area contributed by atoms with E-state index in [2.05, 4.69) is 5.32 Å². The van der Waals surface area contributed by atoms with Crippen LogP contribution in [-0.4, -0.2) is 45.7 Å². The molecular formula is C16H25N3O4S. The number of carbonyl (C=O) groups excluding carboxylic acids is 1. The molecule has 0 saturated carbocycles. The molecule has 1 aromatic carbocycles. The first kappa shape index (κ1) is 18.7. The van der Waals surface area contributed by atoms with E-state index < -0.39 is 10.0 Å². The molecule has 1 fully saturated rings. The zero-order valence-corrected chi connectivity index (χ0v) is 14.7. The van der Waals surface area contributed by atoms with Gasteiger partial charge in [0.05, 0.1) is 11.0 Å². The second-order valence-corrected chi connectivity index (χ2v) is 7.61. The quantitative estimate of drug-likeness (QED) is 0.772. The Bertz CT molecular complexity index is 640. The lowest BCUT2D eigenvalue weighted by Gasteiger charge is -2.19. The van der Waals surface area contributed by atoms with E-state index in [-0.39, 0.29) is 10.9 Å². The van der Waals surface area contributed by atoms with Crippen LogP contribution in [0.1, 0.15) is 31.2 Å². The second kappa shape index (κ2) is 8.46. The van der Waals surface area contributed by atoms with Crippen molar-refractivity contribution in [2.24, 2.45) is 5.14 Å². The Morgan fingerprint density at radius 1 is 1.38 bits per heavy atom. The van der Waals surface area contributed by atoms with Crippen molar-refractivity contribution >= 4 is 16.1 Å². The zero-order chi connectivity index (χ0) is 17.6. The van der Waals surface area contributed by atoms with E-state index in [1.165, 1.54) is 12.1 Å². The molecule has 1 aromatic rings. The molecular weight excluding hydrogens is 330 g/mol. The highest BCUT2D eigenvalue weighted by Crippen LogP contribution is 2.16. The number of hydrogen-bond acceptors (Lipinski definition) is 4. The molecule has 1 heterocycles. The van der Waals surface area contributed by atoms with E-state index in [0.29, 0.717) is 19.2 Å². The number of urea groups is 1. The van der Waals surface area contributed by atoms with E-state index in [0.717, 1.165) is 37.9 Å². The number of ether oxygens (including phenoxy) is 1. The zero-order valence-electron chi connectivity index (χ0n) is 13.9. The van der Waals surface area contributed by atoms with E-state index in [9.17, 15) is 13.2 Å². The highest BCUT2D eigenvalue weighted by atomic mass is 32.2. The molecule has 1 atom stereocenters. The molecule has 7 nitrogen and oxygen atoms in total. The van der Waals surface area contributed by atoms with Crippen LogP contribution in [-0.2, 0) is 21.3 Å². The summed E-state index contributed by atoms with van der Waals surface area (Å²) in [5.74, 6) is 0. The minimum Gasteiger partial charge on any atom is -0.378 e. The largest absolute Gasteiger partial charge is 0.378 e. The Hall–Kier alpha value is -1.64. The van der Waals surface area contributed by atoms with Gasteiger partial charge in [-0.1, -0.05) is 12.1 Å². The van der Waals surface area contributed by atoms with Gasteiger partial charge in [0.1, 0.15) is 0 Å². The van der Waals surface area contributed by atoms with Gasteiger partial charge in [0.2, 0.25) is 10.0 Å². The Labute approximate surface area is 143 Å². The van der Waals surface area contributed by atoms with Crippen molar-refractivity contribution in [1.82, 2.24) is 10.2 Å². The van der Waals surface area contributed by atoms with Gasteiger partial charge >= 0.3 is 6.03 Å². The van der Waals surface area contributed by atoms with Gasteiger partial charge < -0.3 is 15.0 Å². The summed E-state index contributed by atoms with van der Waals surface area (Å²) >= 11 is 0. The van der Waals surface area contributed by atoms with E-state index in [1.54, 1.807) is 24.1 Å². The summed E-state index contributed by atoms with van der Waals surface area (Å²) in [5, 5.41) is 7.86. The van der Waals surface area contributed by atoms with Crippen LogP contribution in [0.5, 0.6) is 0 Å². The first-order valence-electron chi connectivity index (χ1n) is 8.08. The number of nitrogens with two attached hydrogens (primary N) is 1. The van der Waals surface area contributed by atoms with Crippen LogP contribution in [0.3, 0.4) is 0 Å². The fourth-order valence-electron chi connectivity index (χ4n) is 2.64. The number of nitrogens with zero attached hydrogens (tertiary/aromatic N) is 1. The average Bonchev–Trinajstić information content (AvgIpc) is 3.05.